The second-order valence-electron chi connectivity index (χ2n) is 4.50. The minimum Gasteiger partial charge on any atom is -0.299 e. The van der Waals surface area contributed by atoms with E-state index in [2.05, 4.69) is 0 Å². The van der Waals surface area contributed by atoms with E-state index in [1.165, 1.54) is 0 Å². The van der Waals surface area contributed by atoms with Gasteiger partial charge in [-0.1, -0.05) is 13.8 Å². The van der Waals surface area contributed by atoms with Crippen LogP contribution in [0.3, 0.4) is 0 Å². The Balaban J connectivity index is 2.45. The van der Waals surface area contributed by atoms with Gasteiger partial charge in [0.05, 0.1) is 0 Å². The smallest absolute Gasteiger partial charge is 0.140 e. The van der Waals surface area contributed by atoms with Gasteiger partial charge in [0.2, 0.25) is 0 Å². The van der Waals surface area contributed by atoms with E-state index in [0.717, 1.165) is 6.42 Å². The van der Waals surface area contributed by atoms with E-state index in [1.54, 1.807) is 0 Å². The van der Waals surface area contributed by atoms with Gasteiger partial charge in [-0.3, -0.25) is 9.59 Å². The SMILES string of the molecule is CC12CC(=O)[C@@](C)(CC1=O)C2. The van der Waals surface area contributed by atoms with Crippen molar-refractivity contribution in [2.75, 3.05) is 0 Å². The zero-order valence-corrected chi connectivity index (χ0v) is 6.94. The molecule has 0 heterocycles. The Bertz CT molecular complexity index is 230. The number of Topliss-reactive ketones (excluding diaryl/α,β-unsaturated/α-hetero) is 2. The Labute approximate surface area is 66.0 Å². The van der Waals surface area contributed by atoms with Gasteiger partial charge in [-0.2, -0.15) is 0 Å². The summed E-state index contributed by atoms with van der Waals surface area (Å²) in [5.74, 6) is 0.583. The maximum Gasteiger partial charge on any atom is 0.140 e. The number of rotatable bonds is 0. The van der Waals surface area contributed by atoms with Crippen molar-refractivity contribution in [2.45, 2.75) is 33.1 Å². The summed E-state index contributed by atoms with van der Waals surface area (Å²) in [5, 5.41) is 0. The molecule has 2 aliphatic carbocycles. The van der Waals surface area contributed by atoms with Crippen molar-refractivity contribution in [1.82, 2.24) is 0 Å². The predicted octanol–water partition coefficient (Wildman–Crippen LogP) is 1.33. The summed E-state index contributed by atoms with van der Waals surface area (Å²) in [6.07, 6.45) is 1.77. The number of fused-ring (bicyclic) bond motifs is 2. The first-order valence-corrected chi connectivity index (χ1v) is 4.03. The topological polar surface area (TPSA) is 34.1 Å². The van der Waals surface area contributed by atoms with Gasteiger partial charge in [-0.25, -0.2) is 0 Å². The zero-order valence-electron chi connectivity index (χ0n) is 6.94. The Morgan fingerprint density at radius 1 is 1.00 bits per heavy atom. The van der Waals surface area contributed by atoms with Crippen molar-refractivity contribution in [3.05, 3.63) is 0 Å². The van der Waals surface area contributed by atoms with Crippen molar-refractivity contribution in [3.8, 4) is 0 Å². The molecule has 0 saturated heterocycles. The second-order valence-corrected chi connectivity index (χ2v) is 4.50. The summed E-state index contributed by atoms with van der Waals surface area (Å²) in [7, 11) is 0. The van der Waals surface area contributed by atoms with Crippen molar-refractivity contribution in [1.29, 1.82) is 0 Å². The van der Waals surface area contributed by atoms with Crippen LogP contribution in [0, 0.1) is 10.8 Å². The van der Waals surface area contributed by atoms with Crippen LogP contribution in [-0.4, -0.2) is 11.6 Å². The van der Waals surface area contributed by atoms with Crippen LogP contribution >= 0.6 is 0 Å². The number of hydrogen-bond donors (Lipinski definition) is 0. The molecular weight excluding hydrogens is 140 g/mol. The Kier molecular flexibility index (Phi) is 1.00. The van der Waals surface area contributed by atoms with Gasteiger partial charge < -0.3 is 0 Å². The van der Waals surface area contributed by atoms with Gasteiger partial charge in [-0.05, 0) is 6.42 Å². The predicted molar refractivity (Wildman–Crippen MR) is 40.1 cm³/mol. The molecule has 11 heavy (non-hydrogen) atoms. The zero-order chi connectivity index (χ0) is 8.28. The molecule has 0 aliphatic heterocycles. The molecule has 2 bridgehead atoms. The van der Waals surface area contributed by atoms with E-state index < -0.39 is 0 Å². The number of hydrogen-bond acceptors (Lipinski definition) is 2. The summed E-state index contributed by atoms with van der Waals surface area (Å²) in [5.41, 5.74) is -0.572. The van der Waals surface area contributed by atoms with Gasteiger partial charge in [0.25, 0.3) is 0 Å². The fraction of sp³-hybridized carbons (Fsp3) is 0.778. The van der Waals surface area contributed by atoms with E-state index in [1.807, 2.05) is 13.8 Å². The molecule has 0 radical (unpaired) electrons. The van der Waals surface area contributed by atoms with E-state index in [-0.39, 0.29) is 10.8 Å². The Morgan fingerprint density at radius 3 is 1.55 bits per heavy atom. The fourth-order valence-corrected chi connectivity index (χ4v) is 2.52. The Hall–Kier alpha value is -0.660. The van der Waals surface area contributed by atoms with Crippen molar-refractivity contribution in [2.24, 2.45) is 10.8 Å². The third kappa shape index (κ3) is 0.673. The van der Waals surface area contributed by atoms with Gasteiger partial charge in [0, 0.05) is 23.7 Å². The van der Waals surface area contributed by atoms with Crippen molar-refractivity contribution >= 4 is 11.6 Å². The van der Waals surface area contributed by atoms with Crippen LogP contribution in [0.2, 0.25) is 0 Å². The molecule has 0 N–H and O–H groups in total. The molecule has 2 aliphatic rings. The van der Waals surface area contributed by atoms with Crippen LogP contribution < -0.4 is 0 Å². The first-order chi connectivity index (χ1) is 4.96. The largest absolute Gasteiger partial charge is 0.299 e. The van der Waals surface area contributed by atoms with Gasteiger partial charge >= 0.3 is 0 Å². The van der Waals surface area contributed by atoms with Crippen LogP contribution in [0.5, 0.6) is 0 Å². The monoisotopic (exact) mass is 152 g/mol. The lowest BCUT2D eigenvalue weighted by molar-refractivity contribution is -0.135. The number of carbonyl (C=O) groups excluding carboxylic acids is 2. The highest BCUT2D eigenvalue weighted by Gasteiger charge is 2.59. The molecule has 0 aromatic carbocycles. The maximum atomic E-state index is 11.4. The summed E-state index contributed by atoms with van der Waals surface area (Å²) >= 11 is 0. The molecule has 0 aromatic rings. The van der Waals surface area contributed by atoms with Gasteiger partial charge in [-0.15, -0.1) is 0 Å². The highest BCUT2D eigenvalue weighted by molar-refractivity contribution is 6.04. The van der Waals surface area contributed by atoms with E-state index >= 15 is 0 Å². The van der Waals surface area contributed by atoms with E-state index in [0.29, 0.717) is 24.4 Å². The van der Waals surface area contributed by atoms with Gasteiger partial charge in [0.15, 0.2) is 0 Å². The minimum absolute atomic E-state index is 0.286. The molecule has 2 heteroatoms. The third-order valence-electron chi connectivity index (χ3n) is 3.23. The first kappa shape index (κ1) is 7.01. The average Bonchev–Trinajstić information content (AvgIpc) is 2.15. The van der Waals surface area contributed by atoms with Crippen LogP contribution in [0.4, 0.5) is 0 Å². The van der Waals surface area contributed by atoms with Crippen LogP contribution in [0.15, 0.2) is 0 Å². The normalized spacial score (nSPS) is 48.9. The molecule has 2 rings (SSSR count). The summed E-state index contributed by atoms with van der Waals surface area (Å²) in [6.45, 7) is 3.84. The summed E-state index contributed by atoms with van der Waals surface area (Å²) in [4.78, 5) is 22.7. The first-order valence-electron chi connectivity index (χ1n) is 4.03. The highest BCUT2D eigenvalue weighted by Crippen LogP contribution is 2.56. The number of ketones is 2. The Morgan fingerprint density at radius 2 is 1.36 bits per heavy atom. The molecule has 1 unspecified atom stereocenters. The third-order valence-corrected chi connectivity index (χ3v) is 3.23. The molecule has 2 nitrogen and oxygen atoms in total. The lowest BCUT2D eigenvalue weighted by Crippen LogP contribution is -2.28. The lowest BCUT2D eigenvalue weighted by atomic mass is 9.82. The second kappa shape index (κ2) is 1.57. The maximum absolute atomic E-state index is 11.4. The molecule has 0 aromatic heterocycles. The van der Waals surface area contributed by atoms with Crippen LogP contribution in [0.25, 0.3) is 0 Å². The fourth-order valence-electron chi connectivity index (χ4n) is 2.52. The molecular formula is C9H12O2. The standard InChI is InChI=1S/C9H12O2/c1-8-3-7(11)9(2,5-8)4-6(8)10/h3-5H2,1-2H3/t8-,9?/m0/s1. The highest BCUT2D eigenvalue weighted by atomic mass is 16.1. The molecule has 0 spiro atoms. The van der Waals surface area contributed by atoms with Crippen LogP contribution in [0.1, 0.15) is 33.1 Å². The van der Waals surface area contributed by atoms with Crippen molar-refractivity contribution < 1.29 is 9.59 Å². The minimum atomic E-state index is -0.286. The molecule has 2 atom stereocenters. The molecule has 2 saturated carbocycles. The van der Waals surface area contributed by atoms with E-state index in [4.69, 9.17) is 0 Å². The molecule has 0 amide bonds. The van der Waals surface area contributed by atoms with Crippen LogP contribution in [-0.2, 0) is 9.59 Å². The summed E-state index contributed by atoms with van der Waals surface area (Å²) < 4.78 is 0. The quantitative estimate of drug-likeness (QED) is 0.524. The number of carbonyl (C=O) groups is 2. The average molecular weight is 152 g/mol. The van der Waals surface area contributed by atoms with Crippen molar-refractivity contribution in [3.63, 3.8) is 0 Å². The van der Waals surface area contributed by atoms with Gasteiger partial charge in [0.1, 0.15) is 11.6 Å². The van der Waals surface area contributed by atoms with E-state index in [9.17, 15) is 9.59 Å². The summed E-state index contributed by atoms with van der Waals surface area (Å²) in [6, 6.07) is 0. The lowest BCUT2D eigenvalue weighted by Gasteiger charge is -2.19. The molecule has 60 valence electrons. The molecule has 2 fully saturated rings.